The van der Waals surface area contributed by atoms with Crippen LogP contribution in [0.1, 0.15) is 11.3 Å². The van der Waals surface area contributed by atoms with Crippen molar-refractivity contribution in [3.8, 4) is 11.5 Å². The summed E-state index contributed by atoms with van der Waals surface area (Å²) in [6.45, 7) is 1.84. The molecule has 0 amide bonds. The van der Waals surface area contributed by atoms with Crippen LogP contribution in [0, 0.1) is 6.92 Å². The van der Waals surface area contributed by atoms with Crippen LogP contribution in [0.5, 0.6) is 0 Å². The maximum absolute atomic E-state index is 13.7. The van der Waals surface area contributed by atoms with Crippen LogP contribution in [-0.2, 0) is 16.6 Å². The molecule has 7 nitrogen and oxygen atoms in total. The zero-order chi connectivity index (χ0) is 23.0. The Kier molecular flexibility index (Phi) is 5.39. The third-order valence-electron chi connectivity index (χ3n) is 5.03. The van der Waals surface area contributed by atoms with E-state index in [1.165, 1.54) is 12.1 Å². The van der Waals surface area contributed by atoms with Gasteiger partial charge in [0.2, 0.25) is 5.89 Å². The van der Waals surface area contributed by atoms with Crippen molar-refractivity contribution in [3.05, 3.63) is 95.3 Å². The maximum atomic E-state index is 13.7. The Labute approximate surface area is 195 Å². The third kappa shape index (κ3) is 4.22. The average Bonchev–Trinajstić information content (AvgIpc) is 3.44. The van der Waals surface area contributed by atoms with Gasteiger partial charge in [0.1, 0.15) is 11.3 Å². The van der Waals surface area contributed by atoms with Gasteiger partial charge in [-0.3, -0.25) is 0 Å². The molecule has 0 saturated heterocycles. The van der Waals surface area contributed by atoms with E-state index in [-0.39, 0.29) is 17.5 Å². The number of hydrogen-bond donors (Lipinski definition) is 0. The molecular weight excluding hydrogens is 462 g/mol. The molecule has 0 aliphatic heterocycles. The lowest BCUT2D eigenvalue weighted by atomic mass is 10.2. The van der Waals surface area contributed by atoms with E-state index in [1.807, 2.05) is 30.3 Å². The average molecular weight is 480 g/mol. The molecule has 0 bridgehead atoms. The van der Waals surface area contributed by atoms with Crippen molar-refractivity contribution in [1.82, 2.24) is 9.97 Å². The van der Waals surface area contributed by atoms with Crippen molar-refractivity contribution in [2.45, 2.75) is 18.4 Å². The van der Waals surface area contributed by atoms with Crippen LogP contribution in [0.3, 0.4) is 0 Å². The fourth-order valence-corrected chi connectivity index (χ4v) is 4.89. The summed E-state index contributed by atoms with van der Waals surface area (Å²) in [7, 11) is -4.01. The molecule has 5 rings (SSSR count). The van der Waals surface area contributed by atoms with Crippen LogP contribution in [0.4, 0.5) is 6.01 Å². The quantitative estimate of drug-likeness (QED) is 0.304. The Morgan fingerprint density at radius 3 is 2.42 bits per heavy atom. The first-order valence-corrected chi connectivity index (χ1v) is 11.9. The Bertz CT molecular complexity index is 1530. The lowest BCUT2D eigenvalue weighted by molar-refractivity contribution is 0.542. The van der Waals surface area contributed by atoms with Crippen molar-refractivity contribution >= 4 is 38.7 Å². The minimum absolute atomic E-state index is 0.0384. The molecule has 0 fully saturated rings. The van der Waals surface area contributed by atoms with E-state index in [0.29, 0.717) is 33.3 Å². The van der Waals surface area contributed by atoms with E-state index in [9.17, 15) is 8.42 Å². The number of fused-ring (bicyclic) bond motifs is 1. The number of halogens is 1. The molecule has 33 heavy (non-hydrogen) atoms. The van der Waals surface area contributed by atoms with Crippen LogP contribution in [0.15, 0.2) is 92.7 Å². The Morgan fingerprint density at radius 1 is 0.970 bits per heavy atom. The molecule has 3 aromatic carbocycles. The Morgan fingerprint density at radius 2 is 1.73 bits per heavy atom. The van der Waals surface area contributed by atoms with Crippen LogP contribution in [0.25, 0.3) is 22.6 Å². The van der Waals surface area contributed by atoms with E-state index >= 15 is 0 Å². The number of benzene rings is 3. The van der Waals surface area contributed by atoms with Gasteiger partial charge in [-0.2, -0.15) is 4.98 Å². The molecule has 0 aliphatic rings. The SMILES string of the molecule is Cc1cnc(-c2ccc(S(=O)(=O)N(Cc3ccccc3)c3nc4cc(Cl)ccc4o3)cc2)o1. The predicted octanol–water partition coefficient (Wildman–Crippen LogP) is 5.84. The van der Waals surface area contributed by atoms with Gasteiger partial charge in [-0.1, -0.05) is 41.9 Å². The molecule has 5 aromatic rings. The summed E-state index contributed by atoms with van der Waals surface area (Å²) in [5.41, 5.74) is 2.37. The van der Waals surface area contributed by atoms with E-state index < -0.39 is 10.0 Å². The van der Waals surface area contributed by atoms with Gasteiger partial charge in [0, 0.05) is 10.6 Å². The molecule has 0 atom stereocenters. The molecule has 166 valence electrons. The second-order valence-electron chi connectivity index (χ2n) is 7.41. The number of oxazole rings is 2. The fraction of sp³-hybridized carbons (Fsp3) is 0.0833. The highest BCUT2D eigenvalue weighted by Gasteiger charge is 2.29. The predicted molar refractivity (Wildman–Crippen MR) is 126 cm³/mol. The van der Waals surface area contributed by atoms with Gasteiger partial charge in [-0.25, -0.2) is 17.7 Å². The summed E-state index contributed by atoms with van der Waals surface area (Å²) in [5, 5.41) is 0.483. The number of rotatable bonds is 6. The molecular formula is C24H18ClN3O4S. The molecule has 0 aliphatic carbocycles. The van der Waals surface area contributed by atoms with Crippen LogP contribution >= 0.6 is 11.6 Å². The Balaban J connectivity index is 1.57. The van der Waals surface area contributed by atoms with Gasteiger partial charge >= 0.3 is 6.01 Å². The second-order valence-corrected chi connectivity index (χ2v) is 9.70. The van der Waals surface area contributed by atoms with Crippen LogP contribution in [0.2, 0.25) is 5.02 Å². The lowest BCUT2D eigenvalue weighted by Crippen LogP contribution is -2.30. The van der Waals surface area contributed by atoms with Crippen LogP contribution in [-0.4, -0.2) is 18.4 Å². The zero-order valence-corrected chi connectivity index (χ0v) is 19.0. The highest BCUT2D eigenvalue weighted by atomic mass is 35.5. The van der Waals surface area contributed by atoms with Crippen molar-refractivity contribution in [2.24, 2.45) is 0 Å². The van der Waals surface area contributed by atoms with Gasteiger partial charge in [0.25, 0.3) is 10.0 Å². The zero-order valence-electron chi connectivity index (χ0n) is 17.5. The lowest BCUT2D eigenvalue weighted by Gasteiger charge is -2.20. The van der Waals surface area contributed by atoms with Crippen LogP contribution < -0.4 is 4.31 Å². The van der Waals surface area contributed by atoms with E-state index in [4.69, 9.17) is 20.4 Å². The molecule has 0 spiro atoms. The fourth-order valence-electron chi connectivity index (χ4n) is 3.38. The third-order valence-corrected chi connectivity index (χ3v) is 7.00. The molecule has 0 radical (unpaired) electrons. The van der Waals surface area contributed by atoms with Gasteiger partial charge in [0.15, 0.2) is 5.58 Å². The van der Waals surface area contributed by atoms with Crippen molar-refractivity contribution in [3.63, 3.8) is 0 Å². The van der Waals surface area contributed by atoms with Gasteiger partial charge < -0.3 is 8.83 Å². The largest absolute Gasteiger partial charge is 0.441 e. The smallest absolute Gasteiger partial charge is 0.313 e. The molecule has 2 heterocycles. The summed E-state index contributed by atoms with van der Waals surface area (Å²) < 4.78 is 39.9. The number of hydrogen-bond acceptors (Lipinski definition) is 6. The standard InChI is InChI=1S/C24H18ClN3O4S/c1-16-14-26-23(31-16)18-7-10-20(11-8-18)33(29,30)28(15-17-5-3-2-4-6-17)24-27-21-13-19(25)9-12-22(21)32-24/h2-14H,15H2,1H3. The van der Waals surface area contributed by atoms with E-state index in [2.05, 4.69) is 9.97 Å². The van der Waals surface area contributed by atoms with Crippen molar-refractivity contribution in [2.75, 3.05) is 4.31 Å². The van der Waals surface area contributed by atoms with Crippen molar-refractivity contribution in [1.29, 1.82) is 0 Å². The summed E-state index contributed by atoms with van der Waals surface area (Å²) in [6.07, 6.45) is 1.61. The normalized spacial score (nSPS) is 11.7. The number of sulfonamides is 1. The van der Waals surface area contributed by atoms with Gasteiger partial charge in [0.05, 0.1) is 17.6 Å². The summed E-state index contributed by atoms with van der Waals surface area (Å²) >= 11 is 6.06. The van der Waals surface area contributed by atoms with E-state index in [0.717, 1.165) is 9.87 Å². The Hall–Kier alpha value is -3.62. The molecule has 9 heteroatoms. The highest BCUT2D eigenvalue weighted by molar-refractivity contribution is 7.92. The van der Waals surface area contributed by atoms with E-state index in [1.54, 1.807) is 43.5 Å². The first-order valence-electron chi connectivity index (χ1n) is 10.1. The van der Waals surface area contributed by atoms with Gasteiger partial charge in [-0.15, -0.1) is 0 Å². The number of aromatic nitrogens is 2. The minimum atomic E-state index is -4.01. The first kappa shape index (κ1) is 21.2. The molecule has 2 aromatic heterocycles. The number of aryl methyl sites for hydroxylation is 1. The second kappa shape index (κ2) is 8.38. The first-order chi connectivity index (χ1) is 15.9. The molecule has 0 unspecified atom stereocenters. The monoisotopic (exact) mass is 479 g/mol. The number of anilines is 1. The summed E-state index contributed by atoms with van der Waals surface area (Å²) in [4.78, 5) is 8.67. The van der Waals surface area contributed by atoms with Gasteiger partial charge in [-0.05, 0) is 55.0 Å². The van der Waals surface area contributed by atoms with Crippen molar-refractivity contribution < 1.29 is 17.3 Å². The minimum Gasteiger partial charge on any atom is -0.441 e. The summed E-state index contributed by atoms with van der Waals surface area (Å²) in [5.74, 6) is 1.10. The number of nitrogens with zero attached hydrogens (tertiary/aromatic N) is 3. The topological polar surface area (TPSA) is 89.4 Å². The highest BCUT2D eigenvalue weighted by Crippen LogP contribution is 2.31. The maximum Gasteiger partial charge on any atom is 0.313 e. The molecule has 0 saturated carbocycles. The molecule has 0 N–H and O–H groups in total. The summed E-state index contributed by atoms with van der Waals surface area (Å²) in [6, 6.07) is 20.5.